The summed E-state index contributed by atoms with van der Waals surface area (Å²) in [7, 11) is -3.94. The van der Waals surface area contributed by atoms with Gasteiger partial charge < -0.3 is 30.3 Å². The van der Waals surface area contributed by atoms with E-state index in [4.69, 9.17) is 26.5 Å². The van der Waals surface area contributed by atoms with Crippen LogP contribution in [0.25, 0.3) is 0 Å². The largest absolute Gasteiger partial charge is 0.490 e. The molecule has 0 saturated carbocycles. The second kappa shape index (κ2) is 10.9. The van der Waals surface area contributed by atoms with Crippen LogP contribution in [0.2, 0.25) is 23.2 Å². The lowest BCUT2D eigenvalue weighted by molar-refractivity contribution is 0.0342. The maximum absolute atomic E-state index is 12.2. The molecule has 3 rings (SSSR count). The Hall–Kier alpha value is -2.40. The molecule has 1 fully saturated rings. The smallest absolute Gasteiger partial charge is 0.423 e. The van der Waals surface area contributed by atoms with Gasteiger partial charge in [-0.1, -0.05) is 32.4 Å². The Morgan fingerprint density at radius 2 is 2.14 bits per heavy atom. The minimum Gasteiger partial charge on any atom is -0.423 e. The van der Waals surface area contributed by atoms with Crippen molar-refractivity contribution in [3.63, 3.8) is 0 Å². The van der Waals surface area contributed by atoms with E-state index in [2.05, 4.69) is 50.3 Å². The number of ether oxygens (including phenoxy) is 1. The molecule has 1 aromatic heterocycles. The second-order valence-electron chi connectivity index (χ2n) is 10.5. The number of nitrogens with one attached hydrogen (secondary N) is 1. The lowest BCUT2D eigenvalue weighted by Crippen LogP contribution is -2.42. The average Bonchev–Trinajstić information content (AvgIpc) is 3.20. The van der Waals surface area contributed by atoms with Crippen LogP contribution in [-0.2, 0) is 15.8 Å². The van der Waals surface area contributed by atoms with Crippen LogP contribution in [0.5, 0.6) is 0 Å². The highest BCUT2D eigenvalue weighted by molar-refractivity contribution is 6.74. The summed E-state index contributed by atoms with van der Waals surface area (Å²) in [6.07, 6.45) is 2.07. The zero-order valence-electron chi connectivity index (χ0n) is 21.2. The number of halogens is 1. The Kier molecular flexibility index (Phi) is 8.55. The summed E-state index contributed by atoms with van der Waals surface area (Å²) >= 11 is 6.43. The first-order valence-electron chi connectivity index (χ1n) is 11.7. The van der Waals surface area contributed by atoms with Gasteiger partial charge in [-0.25, -0.2) is 0 Å². The zero-order valence-corrected chi connectivity index (χ0v) is 23.0. The number of nitriles is 1. The number of primary amides is 1. The van der Waals surface area contributed by atoms with E-state index in [1.807, 2.05) is 0 Å². The van der Waals surface area contributed by atoms with Crippen LogP contribution in [0.1, 0.15) is 49.2 Å². The van der Waals surface area contributed by atoms with Crippen LogP contribution in [0, 0.1) is 17.2 Å². The van der Waals surface area contributed by atoms with Gasteiger partial charge in [-0.3, -0.25) is 9.48 Å². The fraction of sp³-hybridized carbons (Fsp3) is 0.522. The van der Waals surface area contributed by atoms with E-state index in [1.165, 1.54) is 16.9 Å². The molecule has 0 radical (unpaired) electrons. The number of nitrogens with two attached hydrogens (primary N) is 1. The molecule has 0 spiro atoms. The van der Waals surface area contributed by atoms with Crippen molar-refractivity contribution >= 4 is 49.9 Å². The van der Waals surface area contributed by atoms with Gasteiger partial charge in [-0.15, -0.1) is 0 Å². The number of hydrogen-bond donors (Lipinski definition) is 4. The highest BCUT2D eigenvalue weighted by Crippen LogP contribution is 2.37. The highest BCUT2D eigenvalue weighted by atomic mass is 35.5. The van der Waals surface area contributed by atoms with E-state index < -0.39 is 21.3 Å². The van der Waals surface area contributed by atoms with Crippen molar-refractivity contribution in [1.82, 2.24) is 9.78 Å². The SMILES string of the molecule is CC(C)(C)[Si](C)(C)OCc1cc(Nc2nn([C@@H]3COCC[C@H]3C#N)cc2C(N)=O)cc(Cl)c1B(O)O. The maximum atomic E-state index is 12.2. The number of anilines is 2. The fourth-order valence-corrected chi connectivity index (χ4v) is 5.02. The van der Waals surface area contributed by atoms with E-state index in [-0.39, 0.29) is 45.5 Å². The van der Waals surface area contributed by atoms with E-state index >= 15 is 0 Å². The van der Waals surface area contributed by atoms with Gasteiger partial charge in [0.2, 0.25) is 0 Å². The molecule has 10 nitrogen and oxygen atoms in total. The normalized spacial score (nSPS) is 18.5. The van der Waals surface area contributed by atoms with Gasteiger partial charge in [-0.2, -0.15) is 10.4 Å². The number of amides is 1. The van der Waals surface area contributed by atoms with Crippen LogP contribution >= 0.6 is 11.6 Å². The Bertz CT molecular complexity index is 1160. The molecule has 2 aromatic rings. The van der Waals surface area contributed by atoms with Crippen LogP contribution < -0.4 is 16.5 Å². The van der Waals surface area contributed by atoms with Gasteiger partial charge in [-0.05, 0) is 42.2 Å². The predicted octanol–water partition coefficient (Wildman–Crippen LogP) is 2.68. The third-order valence-electron chi connectivity index (χ3n) is 6.96. The van der Waals surface area contributed by atoms with Crippen molar-refractivity contribution in [1.29, 1.82) is 5.26 Å². The predicted molar refractivity (Wildman–Crippen MR) is 141 cm³/mol. The molecule has 1 amide bonds. The third-order valence-corrected chi connectivity index (χ3v) is 11.8. The Balaban J connectivity index is 1.96. The molecule has 1 aliphatic rings. The third kappa shape index (κ3) is 6.11. The van der Waals surface area contributed by atoms with E-state index in [9.17, 15) is 20.1 Å². The van der Waals surface area contributed by atoms with Crippen molar-refractivity contribution in [2.24, 2.45) is 11.7 Å². The number of benzene rings is 1. The van der Waals surface area contributed by atoms with Crippen molar-refractivity contribution in [2.75, 3.05) is 18.5 Å². The number of rotatable bonds is 8. The summed E-state index contributed by atoms with van der Waals surface area (Å²) in [5.74, 6) is -0.815. The first kappa shape index (κ1) is 28.2. The van der Waals surface area contributed by atoms with Crippen LogP contribution in [-0.4, -0.2) is 54.4 Å². The minimum atomic E-state index is -2.15. The molecule has 2 atom stereocenters. The van der Waals surface area contributed by atoms with Gasteiger partial charge in [0, 0.05) is 29.0 Å². The van der Waals surface area contributed by atoms with Gasteiger partial charge >= 0.3 is 7.12 Å². The zero-order chi connectivity index (χ0) is 26.8. The minimum absolute atomic E-state index is 0.0437. The Morgan fingerprint density at radius 3 is 2.72 bits per heavy atom. The van der Waals surface area contributed by atoms with Crippen molar-refractivity contribution in [3.05, 3.63) is 34.5 Å². The Morgan fingerprint density at radius 1 is 1.44 bits per heavy atom. The van der Waals surface area contributed by atoms with E-state index in [0.717, 1.165) is 0 Å². The van der Waals surface area contributed by atoms with Crippen LogP contribution in [0.15, 0.2) is 18.3 Å². The first-order valence-corrected chi connectivity index (χ1v) is 15.0. The number of carbonyl (C=O) groups is 1. The molecule has 194 valence electrons. The van der Waals surface area contributed by atoms with Crippen LogP contribution in [0.3, 0.4) is 0 Å². The topological polar surface area (TPSA) is 156 Å². The molecule has 36 heavy (non-hydrogen) atoms. The molecule has 1 saturated heterocycles. The molecule has 1 aliphatic heterocycles. The molecule has 13 heteroatoms. The monoisotopic (exact) mass is 533 g/mol. The summed E-state index contributed by atoms with van der Waals surface area (Å²) in [5.41, 5.74) is 6.85. The van der Waals surface area contributed by atoms with Crippen molar-refractivity contribution in [2.45, 2.75) is 58.0 Å². The van der Waals surface area contributed by atoms with E-state index in [0.29, 0.717) is 30.9 Å². The molecule has 1 aromatic carbocycles. The average molecular weight is 534 g/mol. The summed E-state index contributed by atoms with van der Waals surface area (Å²) in [6.45, 7) is 11.4. The van der Waals surface area contributed by atoms with E-state index in [1.54, 1.807) is 6.07 Å². The fourth-order valence-electron chi connectivity index (χ4n) is 3.74. The molecule has 2 heterocycles. The number of nitrogens with zero attached hydrogens (tertiary/aromatic N) is 3. The summed E-state index contributed by atoms with van der Waals surface area (Å²) in [4.78, 5) is 12.2. The molecule has 0 unspecified atom stereocenters. The summed E-state index contributed by atoms with van der Waals surface area (Å²) in [6, 6.07) is 5.11. The molecule has 5 N–H and O–H groups in total. The first-order chi connectivity index (χ1) is 16.7. The lowest BCUT2D eigenvalue weighted by atomic mass is 9.77. The standard InChI is InChI=1S/C23H33BClN5O5Si/c1-23(2,3)36(4,5)35-12-15-8-16(9-18(25)20(15)24(32)33)28-22-17(21(27)31)11-30(29-22)19-13-34-7-6-14(19)10-26/h8-9,11,14,19,32-33H,6-7,12-13H2,1-5H3,(H2,27,31)(H,28,29)/t14-,19+/m0/s1. The van der Waals surface area contributed by atoms with Gasteiger partial charge in [0.1, 0.15) is 5.56 Å². The van der Waals surface area contributed by atoms with Gasteiger partial charge in [0.25, 0.3) is 5.91 Å². The summed E-state index contributed by atoms with van der Waals surface area (Å²) in [5, 5.41) is 37.1. The van der Waals surface area contributed by atoms with Crippen molar-refractivity contribution in [3.8, 4) is 6.07 Å². The summed E-state index contributed by atoms with van der Waals surface area (Å²) < 4.78 is 13.3. The molecule has 0 bridgehead atoms. The number of carbonyl (C=O) groups excluding carboxylic acids is 1. The second-order valence-corrected chi connectivity index (χ2v) is 15.7. The van der Waals surface area contributed by atoms with Crippen molar-refractivity contribution < 1.29 is 24.0 Å². The molecular weight excluding hydrogens is 501 g/mol. The quantitative estimate of drug-likeness (QED) is 0.377. The lowest BCUT2D eigenvalue weighted by Gasteiger charge is -2.36. The Labute approximate surface area is 217 Å². The number of hydrogen-bond acceptors (Lipinski definition) is 8. The number of aromatic nitrogens is 2. The molecule has 0 aliphatic carbocycles. The maximum Gasteiger partial charge on any atom is 0.490 e. The van der Waals surface area contributed by atoms with Gasteiger partial charge in [0.05, 0.1) is 31.2 Å². The highest BCUT2D eigenvalue weighted by Gasteiger charge is 2.37. The van der Waals surface area contributed by atoms with Gasteiger partial charge in [0.15, 0.2) is 14.1 Å². The van der Waals surface area contributed by atoms with Crippen LogP contribution in [0.4, 0.5) is 11.5 Å². The molecular formula is C23H33BClN5O5Si.